The van der Waals surface area contributed by atoms with Crippen molar-refractivity contribution in [1.29, 1.82) is 0 Å². The molecule has 1 unspecified atom stereocenters. The first-order valence-corrected chi connectivity index (χ1v) is 9.22. The zero-order valence-electron chi connectivity index (χ0n) is 13.7. The molecule has 1 aliphatic carbocycles. The summed E-state index contributed by atoms with van der Waals surface area (Å²) in [7, 11) is 0. The Balaban J connectivity index is 2.18. The number of hydrogen-bond donors (Lipinski definition) is 1. The van der Waals surface area contributed by atoms with Gasteiger partial charge >= 0.3 is 0 Å². The van der Waals surface area contributed by atoms with E-state index in [1.165, 1.54) is 48.0 Å². The number of nitrogens with zero attached hydrogens (tertiary/aromatic N) is 1. The van der Waals surface area contributed by atoms with E-state index in [0.29, 0.717) is 6.04 Å². The molecule has 1 aliphatic rings. The second-order valence-electron chi connectivity index (χ2n) is 6.21. The van der Waals surface area contributed by atoms with Crippen molar-refractivity contribution in [2.24, 2.45) is 5.92 Å². The summed E-state index contributed by atoms with van der Waals surface area (Å²) in [4.78, 5) is 2.57. The van der Waals surface area contributed by atoms with Gasteiger partial charge in [0.25, 0.3) is 0 Å². The first-order chi connectivity index (χ1) is 10.2. The Bertz CT molecular complexity index is 443. The van der Waals surface area contributed by atoms with Gasteiger partial charge < -0.3 is 10.2 Å². The molecule has 2 rings (SSSR count). The maximum atomic E-state index is 3.63. The van der Waals surface area contributed by atoms with Crippen molar-refractivity contribution in [3.05, 3.63) is 28.2 Å². The van der Waals surface area contributed by atoms with E-state index >= 15 is 0 Å². The van der Waals surface area contributed by atoms with Crippen molar-refractivity contribution in [3.8, 4) is 0 Å². The van der Waals surface area contributed by atoms with E-state index in [0.717, 1.165) is 19.0 Å². The summed E-state index contributed by atoms with van der Waals surface area (Å²) in [6.45, 7) is 10.1. The summed E-state index contributed by atoms with van der Waals surface area (Å²) in [6.07, 6.45) is 5.41. The average Bonchev–Trinajstić information content (AvgIpc) is 2.44. The van der Waals surface area contributed by atoms with Gasteiger partial charge in [-0.2, -0.15) is 0 Å². The third-order valence-electron chi connectivity index (χ3n) is 4.58. The van der Waals surface area contributed by atoms with Gasteiger partial charge in [0.15, 0.2) is 0 Å². The standard InChI is InChI=1S/C18H29BrN2/c1-4-11-20-14(3)17-12-16(19)9-10-18(17)21(5-2)13-15-7-6-8-15/h9-10,12,14-15,20H,4-8,11,13H2,1-3H3. The van der Waals surface area contributed by atoms with E-state index in [1.54, 1.807) is 0 Å². The molecule has 1 fully saturated rings. The Hall–Kier alpha value is -0.540. The molecule has 0 heterocycles. The van der Waals surface area contributed by atoms with Crippen LogP contribution in [0.5, 0.6) is 0 Å². The number of anilines is 1. The topological polar surface area (TPSA) is 15.3 Å². The fourth-order valence-corrected chi connectivity index (χ4v) is 3.39. The van der Waals surface area contributed by atoms with Crippen LogP contribution in [0.15, 0.2) is 22.7 Å². The SMILES string of the molecule is CCCNC(C)c1cc(Br)ccc1N(CC)CC1CCC1. The highest BCUT2D eigenvalue weighted by molar-refractivity contribution is 9.10. The Kier molecular flexibility index (Phi) is 6.56. The summed E-state index contributed by atoms with van der Waals surface area (Å²) in [6, 6.07) is 7.14. The molecule has 0 bridgehead atoms. The van der Waals surface area contributed by atoms with Gasteiger partial charge in [-0.05, 0) is 69.3 Å². The highest BCUT2D eigenvalue weighted by Crippen LogP contribution is 2.33. The lowest BCUT2D eigenvalue weighted by Crippen LogP contribution is -2.34. The van der Waals surface area contributed by atoms with Crippen LogP contribution in [0.3, 0.4) is 0 Å². The molecule has 1 aromatic rings. The third-order valence-corrected chi connectivity index (χ3v) is 5.08. The van der Waals surface area contributed by atoms with Crippen LogP contribution in [-0.4, -0.2) is 19.6 Å². The van der Waals surface area contributed by atoms with E-state index in [4.69, 9.17) is 0 Å². The van der Waals surface area contributed by atoms with Gasteiger partial charge in [0, 0.05) is 29.3 Å². The van der Waals surface area contributed by atoms with Gasteiger partial charge in [0.05, 0.1) is 0 Å². The molecule has 2 nitrogen and oxygen atoms in total. The molecule has 0 radical (unpaired) electrons. The van der Waals surface area contributed by atoms with Crippen molar-refractivity contribution >= 4 is 21.6 Å². The molecule has 1 N–H and O–H groups in total. The predicted octanol–water partition coefficient (Wildman–Crippen LogP) is 5.14. The largest absolute Gasteiger partial charge is 0.371 e. The van der Waals surface area contributed by atoms with E-state index in [2.05, 4.69) is 65.1 Å². The van der Waals surface area contributed by atoms with Crippen molar-refractivity contribution in [3.63, 3.8) is 0 Å². The minimum Gasteiger partial charge on any atom is -0.371 e. The summed E-state index contributed by atoms with van der Waals surface area (Å²) in [5, 5.41) is 3.63. The molecule has 1 atom stereocenters. The summed E-state index contributed by atoms with van der Waals surface area (Å²) < 4.78 is 1.17. The molecule has 0 aromatic heterocycles. The second kappa shape index (κ2) is 8.19. The summed E-state index contributed by atoms with van der Waals surface area (Å²) >= 11 is 3.63. The van der Waals surface area contributed by atoms with Crippen molar-refractivity contribution in [1.82, 2.24) is 5.32 Å². The highest BCUT2D eigenvalue weighted by atomic mass is 79.9. The molecule has 21 heavy (non-hydrogen) atoms. The minimum atomic E-state index is 0.396. The van der Waals surface area contributed by atoms with Crippen LogP contribution in [0, 0.1) is 5.92 Å². The Morgan fingerprint density at radius 2 is 2.10 bits per heavy atom. The van der Waals surface area contributed by atoms with Gasteiger partial charge in [-0.1, -0.05) is 29.3 Å². The third kappa shape index (κ3) is 4.46. The van der Waals surface area contributed by atoms with Crippen LogP contribution >= 0.6 is 15.9 Å². The molecule has 0 amide bonds. The average molecular weight is 353 g/mol. The van der Waals surface area contributed by atoms with Gasteiger partial charge in [-0.25, -0.2) is 0 Å². The number of nitrogens with one attached hydrogen (secondary N) is 1. The van der Waals surface area contributed by atoms with Crippen molar-refractivity contribution in [2.75, 3.05) is 24.5 Å². The molecule has 1 saturated carbocycles. The molecular weight excluding hydrogens is 324 g/mol. The lowest BCUT2D eigenvalue weighted by molar-refractivity contribution is 0.318. The molecule has 0 spiro atoms. The van der Waals surface area contributed by atoms with E-state index in [9.17, 15) is 0 Å². The number of benzene rings is 1. The minimum absolute atomic E-state index is 0.396. The van der Waals surface area contributed by atoms with Crippen LogP contribution in [0.2, 0.25) is 0 Å². The normalized spacial score (nSPS) is 16.6. The summed E-state index contributed by atoms with van der Waals surface area (Å²) in [5.41, 5.74) is 2.82. The first kappa shape index (κ1) is 16.8. The molecule has 0 aliphatic heterocycles. The van der Waals surface area contributed by atoms with E-state index < -0.39 is 0 Å². The highest BCUT2D eigenvalue weighted by Gasteiger charge is 2.22. The van der Waals surface area contributed by atoms with Crippen LogP contribution in [0.25, 0.3) is 0 Å². The lowest BCUT2D eigenvalue weighted by Gasteiger charge is -2.35. The fraction of sp³-hybridized carbons (Fsp3) is 0.667. The van der Waals surface area contributed by atoms with E-state index in [-0.39, 0.29) is 0 Å². The molecular formula is C18H29BrN2. The van der Waals surface area contributed by atoms with Gasteiger partial charge in [0.1, 0.15) is 0 Å². The maximum absolute atomic E-state index is 3.63. The van der Waals surface area contributed by atoms with E-state index in [1.807, 2.05) is 0 Å². The first-order valence-electron chi connectivity index (χ1n) is 8.43. The lowest BCUT2D eigenvalue weighted by atomic mass is 9.85. The zero-order valence-corrected chi connectivity index (χ0v) is 15.2. The number of hydrogen-bond acceptors (Lipinski definition) is 2. The Morgan fingerprint density at radius 3 is 2.67 bits per heavy atom. The van der Waals surface area contributed by atoms with Crippen LogP contribution in [-0.2, 0) is 0 Å². The van der Waals surface area contributed by atoms with Crippen LogP contribution < -0.4 is 10.2 Å². The quantitative estimate of drug-likeness (QED) is 0.696. The van der Waals surface area contributed by atoms with Gasteiger partial charge in [-0.15, -0.1) is 0 Å². The number of halogens is 1. The van der Waals surface area contributed by atoms with Crippen LogP contribution in [0.4, 0.5) is 5.69 Å². The Labute approximate surface area is 138 Å². The monoisotopic (exact) mass is 352 g/mol. The molecule has 0 saturated heterocycles. The Morgan fingerprint density at radius 1 is 1.33 bits per heavy atom. The van der Waals surface area contributed by atoms with Crippen LogP contribution in [0.1, 0.15) is 58.1 Å². The summed E-state index contributed by atoms with van der Waals surface area (Å²) in [5.74, 6) is 0.903. The number of rotatable bonds is 8. The second-order valence-corrected chi connectivity index (χ2v) is 7.13. The smallest absolute Gasteiger partial charge is 0.0415 e. The predicted molar refractivity (Wildman–Crippen MR) is 96.1 cm³/mol. The van der Waals surface area contributed by atoms with Crippen molar-refractivity contribution in [2.45, 2.75) is 52.5 Å². The maximum Gasteiger partial charge on any atom is 0.0415 e. The molecule has 118 valence electrons. The van der Waals surface area contributed by atoms with Gasteiger partial charge in [-0.3, -0.25) is 0 Å². The fourth-order valence-electron chi connectivity index (χ4n) is 3.02. The molecule has 3 heteroatoms. The zero-order chi connectivity index (χ0) is 15.2. The molecule has 1 aromatic carbocycles. The van der Waals surface area contributed by atoms with Crippen molar-refractivity contribution < 1.29 is 0 Å². The van der Waals surface area contributed by atoms with Gasteiger partial charge in [0.2, 0.25) is 0 Å².